The molecule has 2 aromatic rings. The van der Waals surface area contributed by atoms with E-state index in [1.54, 1.807) is 0 Å². The normalized spacial score (nSPS) is 30.9. The lowest BCUT2D eigenvalue weighted by molar-refractivity contribution is -0.0595. The van der Waals surface area contributed by atoms with Crippen LogP contribution in [0.1, 0.15) is 42.4 Å². The summed E-state index contributed by atoms with van der Waals surface area (Å²) >= 11 is 0. The van der Waals surface area contributed by atoms with Crippen LogP contribution in [0.4, 0.5) is 0 Å². The van der Waals surface area contributed by atoms with Crippen molar-refractivity contribution in [2.75, 3.05) is 6.61 Å². The van der Waals surface area contributed by atoms with Crippen LogP contribution < -0.4 is 4.74 Å². The van der Waals surface area contributed by atoms with Crippen LogP contribution in [0.2, 0.25) is 0 Å². The van der Waals surface area contributed by atoms with E-state index in [0.29, 0.717) is 12.1 Å². The van der Waals surface area contributed by atoms with Gasteiger partial charge in [0.25, 0.3) is 0 Å². The number of hydrogen-bond acceptors (Lipinski definition) is 3. The Morgan fingerprint density at radius 3 is 2.56 bits per heavy atom. The van der Waals surface area contributed by atoms with Crippen molar-refractivity contribution in [1.82, 2.24) is 4.90 Å². The first-order chi connectivity index (χ1) is 12.2. The van der Waals surface area contributed by atoms with Crippen molar-refractivity contribution in [3.63, 3.8) is 0 Å². The van der Waals surface area contributed by atoms with Crippen molar-refractivity contribution in [2.24, 2.45) is 0 Å². The predicted octanol–water partition coefficient (Wildman–Crippen LogP) is 3.64. The highest BCUT2D eigenvalue weighted by molar-refractivity contribution is 5.42. The Balaban J connectivity index is 1.38. The minimum atomic E-state index is -0.684. The van der Waals surface area contributed by atoms with Gasteiger partial charge in [-0.05, 0) is 54.5 Å². The maximum atomic E-state index is 11.5. The molecule has 3 aliphatic heterocycles. The summed E-state index contributed by atoms with van der Waals surface area (Å²) in [6.07, 6.45) is 5.06. The van der Waals surface area contributed by atoms with E-state index in [0.717, 1.165) is 43.7 Å². The largest absolute Gasteiger partial charge is 0.493 e. The average molecular weight is 335 g/mol. The second-order valence-electron chi connectivity index (χ2n) is 7.90. The molecule has 3 nitrogen and oxygen atoms in total. The Hall–Kier alpha value is -1.84. The Bertz CT molecular complexity index is 759. The van der Waals surface area contributed by atoms with E-state index in [4.69, 9.17) is 4.74 Å². The van der Waals surface area contributed by atoms with Crippen molar-refractivity contribution in [3.8, 4) is 5.75 Å². The van der Waals surface area contributed by atoms with Gasteiger partial charge < -0.3 is 9.84 Å². The van der Waals surface area contributed by atoms with Gasteiger partial charge in [0, 0.05) is 25.0 Å². The van der Waals surface area contributed by atoms with Gasteiger partial charge >= 0.3 is 0 Å². The zero-order valence-corrected chi connectivity index (χ0v) is 14.5. The topological polar surface area (TPSA) is 32.7 Å². The number of fused-ring (bicyclic) bond motifs is 3. The lowest BCUT2D eigenvalue weighted by Crippen LogP contribution is -2.49. The zero-order chi connectivity index (χ0) is 16.9. The lowest BCUT2D eigenvalue weighted by atomic mass is 9.79. The summed E-state index contributed by atoms with van der Waals surface area (Å²) in [5, 5.41) is 11.5. The highest BCUT2D eigenvalue weighted by Crippen LogP contribution is 2.47. The van der Waals surface area contributed by atoms with Crippen LogP contribution in [-0.4, -0.2) is 28.7 Å². The Labute approximate surface area is 149 Å². The van der Waals surface area contributed by atoms with Gasteiger partial charge in [-0.1, -0.05) is 36.4 Å². The number of nitrogens with zero attached hydrogens (tertiary/aromatic N) is 1. The van der Waals surface area contributed by atoms with Gasteiger partial charge in [-0.25, -0.2) is 0 Å². The maximum absolute atomic E-state index is 11.5. The van der Waals surface area contributed by atoms with Gasteiger partial charge in [0.05, 0.1) is 12.2 Å². The molecule has 0 saturated carbocycles. The quantitative estimate of drug-likeness (QED) is 0.930. The SMILES string of the molecule is OC1(c2ccc3c(c2)CCO3)CC2CCC(C1)N2Cc1ccccc1. The van der Waals surface area contributed by atoms with E-state index in [2.05, 4.69) is 47.4 Å². The van der Waals surface area contributed by atoms with Gasteiger partial charge in [0.2, 0.25) is 0 Å². The molecule has 3 aliphatic rings. The third kappa shape index (κ3) is 2.66. The van der Waals surface area contributed by atoms with Crippen molar-refractivity contribution >= 4 is 0 Å². The molecule has 3 heterocycles. The third-order valence-electron chi connectivity index (χ3n) is 6.35. The Morgan fingerprint density at radius 1 is 1.04 bits per heavy atom. The number of benzene rings is 2. The minimum Gasteiger partial charge on any atom is -0.493 e. The van der Waals surface area contributed by atoms with E-state index in [-0.39, 0.29) is 0 Å². The summed E-state index contributed by atoms with van der Waals surface area (Å²) in [5.74, 6) is 0.997. The Morgan fingerprint density at radius 2 is 1.80 bits per heavy atom. The predicted molar refractivity (Wildman–Crippen MR) is 97.6 cm³/mol. The van der Waals surface area contributed by atoms with Crippen LogP contribution in [0, 0.1) is 0 Å². The second kappa shape index (κ2) is 5.86. The van der Waals surface area contributed by atoms with E-state index in [1.165, 1.54) is 24.0 Å². The first kappa shape index (κ1) is 15.4. The van der Waals surface area contributed by atoms with Crippen LogP contribution in [0.3, 0.4) is 0 Å². The van der Waals surface area contributed by atoms with Gasteiger partial charge in [0.15, 0.2) is 0 Å². The monoisotopic (exact) mass is 335 g/mol. The summed E-state index contributed by atoms with van der Waals surface area (Å²) in [7, 11) is 0. The molecule has 2 unspecified atom stereocenters. The molecule has 0 amide bonds. The van der Waals surface area contributed by atoms with Crippen LogP contribution in [0.5, 0.6) is 5.75 Å². The smallest absolute Gasteiger partial charge is 0.122 e. The van der Waals surface area contributed by atoms with Crippen LogP contribution in [0.15, 0.2) is 48.5 Å². The summed E-state index contributed by atoms with van der Waals surface area (Å²) in [6, 6.07) is 18.0. The zero-order valence-electron chi connectivity index (χ0n) is 14.5. The van der Waals surface area contributed by atoms with Crippen LogP contribution in [-0.2, 0) is 18.6 Å². The summed E-state index contributed by atoms with van der Waals surface area (Å²) in [5.41, 5.74) is 3.04. The van der Waals surface area contributed by atoms with Gasteiger partial charge in [0.1, 0.15) is 5.75 Å². The molecule has 1 N–H and O–H groups in total. The van der Waals surface area contributed by atoms with Gasteiger partial charge in [-0.15, -0.1) is 0 Å². The molecule has 5 rings (SSSR count). The average Bonchev–Trinajstić information content (AvgIpc) is 3.19. The van der Waals surface area contributed by atoms with Crippen molar-refractivity contribution in [2.45, 2.75) is 56.3 Å². The highest BCUT2D eigenvalue weighted by atomic mass is 16.5. The number of aliphatic hydroxyl groups is 1. The third-order valence-corrected chi connectivity index (χ3v) is 6.35. The van der Waals surface area contributed by atoms with Crippen molar-refractivity contribution < 1.29 is 9.84 Å². The molecule has 0 aromatic heterocycles. The first-order valence-electron chi connectivity index (χ1n) is 9.49. The molecule has 0 aliphatic carbocycles. The van der Waals surface area contributed by atoms with Gasteiger partial charge in [-0.2, -0.15) is 0 Å². The fourth-order valence-electron chi connectivity index (χ4n) is 5.08. The Kier molecular flexibility index (Phi) is 3.61. The molecular formula is C22H25NO2. The fourth-order valence-corrected chi connectivity index (χ4v) is 5.08. The minimum absolute atomic E-state index is 0.480. The summed E-state index contributed by atoms with van der Waals surface area (Å²) in [6.45, 7) is 1.78. The second-order valence-corrected chi connectivity index (χ2v) is 7.90. The van der Waals surface area contributed by atoms with Crippen LogP contribution >= 0.6 is 0 Å². The van der Waals surface area contributed by atoms with Crippen molar-refractivity contribution in [1.29, 1.82) is 0 Å². The number of piperidine rings is 1. The molecule has 2 fully saturated rings. The molecule has 2 saturated heterocycles. The number of rotatable bonds is 3. The van der Waals surface area contributed by atoms with Crippen molar-refractivity contribution in [3.05, 3.63) is 65.2 Å². The maximum Gasteiger partial charge on any atom is 0.122 e. The standard InChI is InChI=1S/C22H25NO2/c24-22(18-6-9-21-17(12-18)10-11-25-21)13-19-7-8-20(14-22)23(19)15-16-4-2-1-3-5-16/h1-6,9,12,19-20,24H,7-8,10-11,13-15H2. The summed E-state index contributed by atoms with van der Waals surface area (Å²) < 4.78 is 5.62. The van der Waals surface area contributed by atoms with E-state index in [9.17, 15) is 5.11 Å². The number of ether oxygens (including phenoxy) is 1. The number of hydrogen-bond donors (Lipinski definition) is 1. The van der Waals surface area contributed by atoms with Crippen LogP contribution in [0.25, 0.3) is 0 Å². The molecule has 2 atom stereocenters. The fraction of sp³-hybridized carbons (Fsp3) is 0.455. The first-order valence-corrected chi connectivity index (χ1v) is 9.49. The van der Waals surface area contributed by atoms with Gasteiger partial charge in [-0.3, -0.25) is 4.90 Å². The molecule has 0 spiro atoms. The molecule has 0 radical (unpaired) electrons. The molecule has 130 valence electrons. The molecule has 25 heavy (non-hydrogen) atoms. The van der Waals surface area contributed by atoms with E-state index >= 15 is 0 Å². The molecule has 3 heteroatoms. The van der Waals surface area contributed by atoms with E-state index in [1.807, 2.05) is 6.07 Å². The molecule has 2 aromatic carbocycles. The molecular weight excluding hydrogens is 310 g/mol. The molecule has 2 bridgehead atoms. The summed E-state index contributed by atoms with van der Waals surface area (Å²) in [4.78, 5) is 2.63. The lowest BCUT2D eigenvalue weighted by Gasteiger charge is -2.44. The highest BCUT2D eigenvalue weighted by Gasteiger charge is 2.48. The van der Waals surface area contributed by atoms with E-state index < -0.39 is 5.60 Å².